The summed E-state index contributed by atoms with van der Waals surface area (Å²) in [5, 5.41) is 2.30. The van der Waals surface area contributed by atoms with Crippen LogP contribution in [-0.4, -0.2) is 9.97 Å². The van der Waals surface area contributed by atoms with Gasteiger partial charge in [-0.3, -0.25) is 9.97 Å². The van der Waals surface area contributed by atoms with Gasteiger partial charge >= 0.3 is 0 Å². The van der Waals surface area contributed by atoms with Gasteiger partial charge in [-0.15, -0.1) is 0 Å². The van der Waals surface area contributed by atoms with Crippen molar-refractivity contribution in [3.8, 4) is 11.1 Å². The molecule has 0 aliphatic heterocycles. The molecule has 0 aliphatic rings. The van der Waals surface area contributed by atoms with Crippen molar-refractivity contribution < 1.29 is 0 Å². The normalized spacial score (nSPS) is 10.8. The van der Waals surface area contributed by atoms with Crippen molar-refractivity contribution in [2.24, 2.45) is 5.73 Å². The van der Waals surface area contributed by atoms with E-state index in [1.807, 2.05) is 24.5 Å². The Labute approximate surface area is 112 Å². The number of nitrogens with zero attached hydrogens (tertiary/aromatic N) is 2. The van der Waals surface area contributed by atoms with Crippen LogP contribution in [0.25, 0.3) is 21.9 Å². The third-order valence-corrected chi connectivity index (χ3v) is 3.29. The molecule has 94 valence electrons. The van der Waals surface area contributed by atoms with Gasteiger partial charge in [-0.1, -0.05) is 23.8 Å². The molecule has 2 aromatic heterocycles. The topological polar surface area (TPSA) is 51.8 Å². The Morgan fingerprint density at radius 1 is 1.11 bits per heavy atom. The van der Waals surface area contributed by atoms with Gasteiger partial charge in [0.2, 0.25) is 0 Å². The van der Waals surface area contributed by atoms with E-state index in [2.05, 4.69) is 35.1 Å². The van der Waals surface area contributed by atoms with Gasteiger partial charge in [0.1, 0.15) is 0 Å². The van der Waals surface area contributed by atoms with Crippen LogP contribution in [0.4, 0.5) is 0 Å². The summed E-state index contributed by atoms with van der Waals surface area (Å²) in [5.41, 5.74) is 10.1. The van der Waals surface area contributed by atoms with Crippen LogP contribution < -0.4 is 5.73 Å². The molecule has 0 radical (unpaired) electrons. The predicted molar refractivity (Wildman–Crippen MR) is 77.6 cm³/mol. The number of aromatic nitrogens is 2. The maximum atomic E-state index is 5.78. The Morgan fingerprint density at radius 3 is 2.74 bits per heavy atom. The standard InChI is InChI=1S/C16H15N3/c1-11-4-5-13-14(7-11)16(8-17)19-10-15(13)12-3-2-6-18-9-12/h2-7,9-10H,8,17H2,1H3. The van der Waals surface area contributed by atoms with E-state index in [1.165, 1.54) is 10.9 Å². The van der Waals surface area contributed by atoms with Gasteiger partial charge in [-0.2, -0.15) is 0 Å². The first-order chi connectivity index (χ1) is 9.29. The lowest BCUT2D eigenvalue weighted by atomic mass is 9.99. The number of aryl methyl sites for hydroxylation is 1. The minimum Gasteiger partial charge on any atom is -0.325 e. The van der Waals surface area contributed by atoms with E-state index in [1.54, 1.807) is 6.20 Å². The maximum absolute atomic E-state index is 5.78. The minimum absolute atomic E-state index is 0.452. The smallest absolute Gasteiger partial charge is 0.0618 e. The molecular weight excluding hydrogens is 234 g/mol. The average Bonchev–Trinajstić information content (AvgIpc) is 2.47. The second-order valence-corrected chi connectivity index (χ2v) is 4.61. The lowest BCUT2D eigenvalue weighted by Gasteiger charge is -2.10. The largest absolute Gasteiger partial charge is 0.325 e. The summed E-state index contributed by atoms with van der Waals surface area (Å²) in [6, 6.07) is 10.4. The number of hydrogen-bond acceptors (Lipinski definition) is 3. The van der Waals surface area contributed by atoms with Crippen LogP contribution >= 0.6 is 0 Å². The summed E-state index contributed by atoms with van der Waals surface area (Å²) < 4.78 is 0. The second kappa shape index (κ2) is 4.78. The molecule has 3 aromatic rings. The summed E-state index contributed by atoms with van der Waals surface area (Å²) in [7, 11) is 0. The SMILES string of the molecule is Cc1ccc2c(-c3cccnc3)cnc(CN)c2c1. The molecule has 2 N–H and O–H groups in total. The number of pyridine rings is 2. The first kappa shape index (κ1) is 11.8. The molecule has 0 fully saturated rings. The van der Waals surface area contributed by atoms with Crippen LogP contribution in [0.5, 0.6) is 0 Å². The number of hydrogen-bond donors (Lipinski definition) is 1. The molecular formula is C16H15N3. The van der Waals surface area contributed by atoms with Gasteiger partial charge < -0.3 is 5.73 Å². The molecule has 1 aromatic carbocycles. The summed E-state index contributed by atoms with van der Waals surface area (Å²) in [4.78, 5) is 8.67. The number of fused-ring (bicyclic) bond motifs is 1. The molecule has 3 heteroatoms. The third-order valence-electron chi connectivity index (χ3n) is 3.29. The van der Waals surface area contributed by atoms with E-state index < -0.39 is 0 Å². The molecule has 0 saturated carbocycles. The van der Waals surface area contributed by atoms with E-state index in [9.17, 15) is 0 Å². The Balaban J connectivity index is 2.33. The number of nitrogens with two attached hydrogens (primary N) is 1. The first-order valence-corrected chi connectivity index (χ1v) is 6.28. The van der Waals surface area contributed by atoms with Crippen molar-refractivity contribution in [2.75, 3.05) is 0 Å². The van der Waals surface area contributed by atoms with Crippen molar-refractivity contribution in [1.29, 1.82) is 0 Å². The highest BCUT2D eigenvalue weighted by atomic mass is 14.7. The fourth-order valence-electron chi connectivity index (χ4n) is 2.33. The Bertz CT molecular complexity index is 721. The van der Waals surface area contributed by atoms with Crippen molar-refractivity contribution in [3.63, 3.8) is 0 Å². The molecule has 0 bridgehead atoms. The zero-order valence-corrected chi connectivity index (χ0v) is 10.8. The van der Waals surface area contributed by atoms with Crippen molar-refractivity contribution in [3.05, 3.63) is 60.2 Å². The Hall–Kier alpha value is -2.26. The predicted octanol–water partition coefficient (Wildman–Crippen LogP) is 3.06. The van der Waals surface area contributed by atoms with Crippen LogP contribution in [0, 0.1) is 6.92 Å². The van der Waals surface area contributed by atoms with Crippen molar-refractivity contribution in [1.82, 2.24) is 9.97 Å². The molecule has 3 nitrogen and oxygen atoms in total. The van der Waals surface area contributed by atoms with E-state index in [4.69, 9.17) is 5.73 Å². The van der Waals surface area contributed by atoms with Crippen LogP contribution in [0.3, 0.4) is 0 Å². The highest BCUT2D eigenvalue weighted by molar-refractivity contribution is 5.97. The van der Waals surface area contributed by atoms with E-state index in [0.29, 0.717) is 6.54 Å². The molecule has 0 saturated heterocycles. The summed E-state index contributed by atoms with van der Waals surface area (Å²) in [5.74, 6) is 0. The molecule has 19 heavy (non-hydrogen) atoms. The molecule has 0 spiro atoms. The van der Waals surface area contributed by atoms with Crippen molar-refractivity contribution >= 4 is 10.8 Å². The molecule has 0 aliphatic carbocycles. The van der Waals surface area contributed by atoms with E-state index >= 15 is 0 Å². The van der Waals surface area contributed by atoms with Crippen LogP contribution in [0.15, 0.2) is 48.9 Å². The lowest BCUT2D eigenvalue weighted by molar-refractivity contribution is 1.01. The monoisotopic (exact) mass is 249 g/mol. The van der Waals surface area contributed by atoms with Gasteiger partial charge in [0.15, 0.2) is 0 Å². The first-order valence-electron chi connectivity index (χ1n) is 6.28. The zero-order valence-electron chi connectivity index (χ0n) is 10.8. The molecule has 3 rings (SSSR count). The van der Waals surface area contributed by atoms with Gasteiger partial charge in [-0.05, 0) is 24.4 Å². The highest BCUT2D eigenvalue weighted by Crippen LogP contribution is 2.29. The van der Waals surface area contributed by atoms with E-state index in [0.717, 1.165) is 22.2 Å². The zero-order chi connectivity index (χ0) is 13.2. The quantitative estimate of drug-likeness (QED) is 0.759. The summed E-state index contributed by atoms with van der Waals surface area (Å²) >= 11 is 0. The number of rotatable bonds is 2. The van der Waals surface area contributed by atoms with Gasteiger partial charge in [0.25, 0.3) is 0 Å². The van der Waals surface area contributed by atoms with Gasteiger partial charge in [-0.25, -0.2) is 0 Å². The number of benzene rings is 1. The van der Waals surface area contributed by atoms with Crippen molar-refractivity contribution in [2.45, 2.75) is 13.5 Å². The fourth-order valence-corrected chi connectivity index (χ4v) is 2.33. The van der Waals surface area contributed by atoms with Crippen LogP contribution in [-0.2, 0) is 6.54 Å². The van der Waals surface area contributed by atoms with Gasteiger partial charge in [0, 0.05) is 41.6 Å². The van der Waals surface area contributed by atoms with E-state index in [-0.39, 0.29) is 0 Å². The lowest BCUT2D eigenvalue weighted by Crippen LogP contribution is -2.01. The minimum atomic E-state index is 0.452. The molecule has 0 amide bonds. The Morgan fingerprint density at radius 2 is 2.00 bits per heavy atom. The molecule has 0 unspecified atom stereocenters. The molecule has 0 atom stereocenters. The summed E-state index contributed by atoms with van der Waals surface area (Å²) in [6.07, 6.45) is 5.52. The average molecular weight is 249 g/mol. The second-order valence-electron chi connectivity index (χ2n) is 4.61. The van der Waals surface area contributed by atoms with Crippen LogP contribution in [0.1, 0.15) is 11.3 Å². The van der Waals surface area contributed by atoms with Gasteiger partial charge in [0.05, 0.1) is 5.69 Å². The Kier molecular flexibility index (Phi) is 2.97. The molecule has 2 heterocycles. The maximum Gasteiger partial charge on any atom is 0.0618 e. The van der Waals surface area contributed by atoms with Crippen LogP contribution in [0.2, 0.25) is 0 Å². The summed E-state index contributed by atoms with van der Waals surface area (Å²) in [6.45, 7) is 2.53. The fraction of sp³-hybridized carbons (Fsp3) is 0.125. The highest BCUT2D eigenvalue weighted by Gasteiger charge is 2.08. The third kappa shape index (κ3) is 2.09.